The Kier molecular flexibility index (Phi) is 12.1. The number of benzene rings is 14. The first kappa shape index (κ1) is 51.5. The molecule has 1 aliphatic heterocycles. The van der Waals surface area contributed by atoms with Crippen LogP contribution in [0.1, 0.15) is 44.5 Å². The Morgan fingerprint density at radius 2 is 0.580 bits per heavy atom. The highest BCUT2D eigenvalue weighted by Crippen LogP contribution is 2.60. The van der Waals surface area contributed by atoms with Crippen molar-refractivity contribution in [2.75, 3.05) is 4.90 Å². The van der Waals surface area contributed by atoms with Gasteiger partial charge in [0.05, 0.1) is 16.5 Å². The number of hydrogen-bond donors (Lipinski definition) is 0. The summed E-state index contributed by atoms with van der Waals surface area (Å²) in [5.41, 5.74) is 24.4. The first-order valence-corrected chi connectivity index (χ1v) is 32.7. The SMILES string of the molecule is c1ccc(-c2cc(-c3cccc([Si]4(c5ccccc5)c5ccccc5-c5ccccc54)c3)ccc2N(c2ccc3c(c2)C(c2ccccc2)(c2ccccc2)c2ccccc2-3)c2ccc3c(c2)C(c2ccccc2)(c2ccccc2)c2ccccc2-3)cc1. The molecule has 0 unspecified atom stereocenters. The van der Waals surface area contributed by atoms with E-state index in [2.05, 4.69) is 363 Å². The van der Waals surface area contributed by atoms with Crippen LogP contribution >= 0.6 is 0 Å². The fraction of sp³-hybridized carbons (Fsp3) is 0.0233. The maximum absolute atomic E-state index is 2.78. The molecule has 0 amide bonds. The average molecular weight is 1130 g/mol. The molecular formula is C86H59NSi. The quantitative estimate of drug-likeness (QED) is 0.117. The van der Waals surface area contributed by atoms with Crippen LogP contribution in [0.5, 0.6) is 0 Å². The van der Waals surface area contributed by atoms with E-state index in [1.807, 2.05) is 0 Å². The molecule has 0 N–H and O–H groups in total. The second-order valence-electron chi connectivity index (χ2n) is 23.7. The number of nitrogens with zero attached hydrogens (tertiary/aromatic N) is 1. The monoisotopic (exact) mass is 1130 g/mol. The molecule has 0 fully saturated rings. The number of fused-ring (bicyclic) bond motifs is 9. The van der Waals surface area contributed by atoms with Gasteiger partial charge in [-0.25, -0.2) is 0 Å². The van der Waals surface area contributed by atoms with Gasteiger partial charge in [-0.3, -0.25) is 0 Å². The predicted molar refractivity (Wildman–Crippen MR) is 369 cm³/mol. The standard InChI is InChI=1S/C86H59NSi/c1-7-28-60(29-8-1)77-57-62(61-30-27-41-70(56-61)88(69-39-17-6-18-40-69)83-48-25-21-44-75(83)76-45-22-26-49-84(76)88)50-55-82(77)87(67-51-53-73-71-42-19-23-46-78(71)85(80(73)58-67,63-31-9-2-10-32-63)64-33-11-3-12-34-64)68-52-54-74-72-43-20-24-47-79(72)86(81(74)59-68,65-35-13-4-14-36-65)66-37-15-5-16-38-66/h1-59H. The van der Waals surface area contributed by atoms with E-state index in [1.165, 1.54) is 104 Å². The lowest BCUT2D eigenvalue weighted by Crippen LogP contribution is -2.72. The van der Waals surface area contributed by atoms with Gasteiger partial charge in [0, 0.05) is 16.9 Å². The zero-order chi connectivity index (χ0) is 58.2. The van der Waals surface area contributed by atoms with Crippen LogP contribution in [-0.4, -0.2) is 8.07 Å². The highest BCUT2D eigenvalue weighted by atomic mass is 28.3. The molecule has 2 aliphatic carbocycles. The van der Waals surface area contributed by atoms with Gasteiger partial charge >= 0.3 is 0 Å². The highest BCUT2D eigenvalue weighted by Gasteiger charge is 2.50. The first-order chi connectivity index (χ1) is 43.7. The molecule has 14 aromatic carbocycles. The maximum Gasteiger partial charge on any atom is 0.180 e. The fourth-order valence-corrected chi connectivity index (χ4v) is 21.2. The summed E-state index contributed by atoms with van der Waals surface area (Å²) in [7, 11) is -2.78. The van der Waals surface area contributed by atoms with Gasteiger partial charge in [-0.15, -0.1) is 0 Å². The first-order valence-electron chi connectivity index (χ1n) is 30.7. The van der Waals surface area contributed by atoms with Crippen molar-refractivity contribution in [1.29, 1.82) is 0 Å². The zero-order valence-corrected chi connectivity index (χ0v) is 49.5. The summed E-state index contributed by atoms with van der Waals surface area (Å²) in [6.07, 6.45) is 0. The maximum atomic E-state index is 2.57. The Labute approximate surface area is 516 Å². The smallest absolute Gasteiger partial charge is 0.180 e. The van der Waals surface area contributed by atoms with E-state index in [0.717, 1.165) is 33.8 Å². The summed E-state index contributed by atoms with van der Waals surface area (Å²) in [5, 5.41) is 5.65. The number of anilines is 3. The molecule has 0 bridgehead atoms. The topological polar surface area (TPSA) is 3.24 Å². The molecule has 0 atom stereocenters. The summed E-state index contributed by atoms with van der Waals surface area (Å²) >= 11 is 0. The van der Waals surface area contributed by atoms with Crippen molar-refractivity contribution >= 4 is 45.9 Å². The minimum atomic E-state index is -2.78. The van der Waals surface area contributed by atoms with Crippen LogP contribution in [0.3, 0.4) is 0 Å². The molecule has 2 heteroatoms. The molecule has 14 aromatic rings. The van der Waals surface area contributed by atoms with Crippen LogP contribution in [0.25, 0.3) is 55.6 Å². The van der Waals surface area contributed by atoms with Crippen molar-refractivity contribution in [3.8, 4) is 55.6 Å². The summed E-state index contributed by atoms with van der Waals surface area (Å²) in [6.45, 7) is 0. The molecular weight excluding hydrogens is 1080 g/mol. The minimum absolute atomic E-state index is 0.608. The summed E-state index contributed by atoms with van der Waals surface area (Å²) < 4.78 is 0. The largest absolute Gasteiger partial charge is 0.310 e. The van der Waals surface area contributed by atoms with Gasteiger partial charge in [-0.05, 0) is 152 Å². The lowest BCUT2D eigenvalue weighted by Gasteiger charge is -2.36. The Bertz CT molecular complexity index is 4660. The number of rotatable bonds is 11. The molecule has 17 rings (SSSR count). The molecule has 0 saturated heterocycles. The second kappa shape index (κ2) is 20.7. The Morgan fingerprint density at radius 3 is 1.06 bits per heavy atom. The van der Waals surface area contributed by atoms with E-state index >= 15 is 0 Å². The average Bonchev–Trinajstić information content (AvgIpc) is 1.59. The molecule has 88 heavy (non-hydrogen) atoms. The van der Waals surface area contributed by atoms with Crippen molar-refractivity contribution in [2.24, 2.45) is 0 Å². The van der Waals surface area contributed by atoms with Crippen molar-refractivity contribution in [3.63, 3.8) is 0 Å². The van der Waals surface area contributed by atoms with Gasteiger partial charge in [0.2, 0.25) is 0 Å². The molecule has 0 radical (unpaired) electrons. The van der Waals surface area contributed by atoms with E-state index < -0.39 is 18.9 Å². The van der Waals surface area contributed by atoms with Crippen LogP contribution in [0.15, 0.2) is 358 Å². The second-order valence-corrected chi connectivity index (χ2v) is 27.5. The molecule has 1 nitrogen and oxygen atoms in total. The van der Waals surface area contributed by atoms with Crippen molar-refractivity contribution in [1.82, 2.24) is 0 Å². The van der Waals surface area contributed by atoms with Crippen molar-refractivity contribution in [3.05, 3.63) is 402 Å². The molecule has 1 heterocycles. The lowest BCUT2D eigenvalue weighted by atomic mass is 9.67. The number of hydrogen-bond acceptors (Lipinski definition) is 1. The Morgan fingerprint density at radius 1 is 0.216 bits per heavy atom. The van der Waals surface area contributed by atoms with E-state index in [4.69, 9.17) is 0 Å². The van der Waals surface area contributed by atoms with Gasteiger partial charge in [0.25, 0.3) is 0 Å². The Hall–Kier alpha value is -10.9. The van der Waals surface area contributed by atoms with Crippen LogP contribution in [-0.2, 0) is 10.8 Å². The van der Waals surface area contributed by atoms with E-state index in [1.54, 1.807) is 0 Å². The molecule has 412 valence electrons. The van der Waals surface area contributed by atoms with Crippen LogP contribution < -0.4 is 25.6 Å². The van der Waals surface area contributed by atoms with Gasteiger partial charge in [-0.1, -0.05) is 322 Å². The third-order valence-corrected chi connectivity index (χ3v) is 24.4. The van der Waals surface area contributed by atoms with Crippen molar-refractivity contribution < 1.29 is 0 Å². The molecule has 3 aliphatic rings. The predicted octanol–water partition coefficient (Wildman–Crippen LogP) is 18.6. The summed E-state index contributed by atoms with van der Waals surface area (Å²) in [4.78, 5) is 2.57. The normalized spacial score (nSPS) is 14.0. The molecule has 0 spiro atoms. The van der Waals surface area contributed by atoms with Gasteiger partial charge < -0.3 is 4.90 Å². The third kappa shape index (κ3) is 7.52. The van der Waals surface area contributed by atoms with E-state index in [-0.39, 0.29) is 0 Å². The van der Waals surface area contributed by atoms with Gasteiger partial charge in [0.15, 0.2) is 8.07 Å². The van der Waals surface area contributed by atoms with Crippen LogP contribution in [0.2, 0.25) is 0 Å². The zero-order valence-electron chi connectivity index (χ0n) is 48.5. The van der Waals surface area contributed by atoms with Crippen molar-refractivity contribution in [2.45, 2.75) is 10.8 Å². The third-order valence-electron chi connectivity index (χ3n) is 19.5. The minimum Gasteiger partial charge on any atom is -0.310 e. The van der Waals surface area contributed by atoms with Gasteiger partial charge in [-0.2, -0.15) is 0 Å². The van der Waals surface area contributed by atoms with Gasteiger partial charge in [0.1, 0.15) is 0 Å². The summed E-state index contributed by atoms with van der Waals surface area (Å²) in [5.74, 6) is 0. The molecule has 0 saturated carbocycles. The molecule has 0 aromatic heterocycles. The van der Waals surface area contributed by atoms with Crippen LogP contribution in [0.4, 0.5) is 17.1 Å². The summed E-state index contributed by atoms with van der Waals surface area (Å²) in [6, 6.07) is 135. The Balaban J connectivity index is 0.931. The van der Waals surface area contributed by atoms with Crippen LogP contribution in [0, 0.1) is 0 Å². The van der Waals surface area contributed by atoms with E-state index in [0.29, 0.717) is 0 Å². The highest BCUT2D eigenvalue weighted by molar-refractivity contribution is 7.22. The van der Waals surface area contributed by atoms with E-state index in [9.17, 15) is 0 Å². The lowest BCUT2D eigenvalue weighted by molar-refractivity contribution is 0.767. The fourth-order valence-electron chi connectivity index (χ4n) is 16.0.